The molecule has 0 nitrogen and oxygen atoms in total. The van der Waals surface area contributed by atoms with E-state index >= 15 is 0 Å². The predicted octanol–water partition coefficient (Wildman–Crippen LogP) is 3.72. The summed E-state index contributed by atoms with van der Waals surface area (Å²) in [5.41, 5.74) is 0. The fourth-order valence-electron chi connectivity index (χ4n) is 0.483. The van der Waals surface area contributed by atoms with E-state index in [0.29, 0.717) is 0 Å². The van der Waals surface area contributed by atoms with Gasteiger partial charge in [0.25, 0.3) is 0 Å². The molecule has 62 valence electrons. The minimum absolute atomic E-state index is 0. The zero-order chi connectivity index (χ0) is 6.36. The van der Waals surface area contributed by atoms with Gasteiger partial charge in [-0.1, -0.05) is 36.4 Å². The Labute approximate surface area is 83.4 Å². The maximum Gasteiger partial charge on any atom is -0.00937 e. The largest absolute Gasteiger partial charge is 0.152 e. The highest BCUT2D eigenvalue weighted by Crippen LogP contribution is 1.88. The molecule has 0 bridgehead atoms. The van der Waals surface area contributed by atoms with Crippen LogP contribution in [-0.4, -0.2) is 0 Å². The SMILES string of the molecule is Cl.Cl.c1ccccsccc1. The molecule has 1 heterocycles. The molecule has 0 spiro atoms. The van der Waals surface area contributed by atoms with Crippen molar-refractivity contribution in [2.45, 2.75) is 0 Å². The van der Waals surface area contributed by atoms with Gasteiger partial charge >= 0.3 is 0 Å². The highest BCUT2D eigenvalue weighted by molar-refractivity contribution is 7.07. The Bertz CT molecular complexity index is 134. The van der Waals surface area contributed by atoms with Gasteiger partial charge in [-0.3, -0.25) is 0 Å². The first kappa shape index (κ1) is 13.4. The summed E-state index contributed by atoms with van der Waals surface area (Å²) in [5.74, 6) is 0. The van der Waals surface area contributed by atoms with Gasteiger partial charge in [-0.25, -0.2) is 0 Å². The van der Waals surface area contributed by atoms with Crippen molar-refractivity contribution in [2.75, 3.05) is 0 Å². The fraction of sp³-hybridized carbons (Fsp3) is 0. The Hall–Kier alpha value is -0.240. The van der Waals surface area contributed by atoms with Crippen molar-refractivity contribution in [2.24, 2.45) is 0 Å². The minimum Gasteiger partial charge on any atom is -0.152 e. The Kier molecular flexibility index (Phi) is 11.9. The standard InChI is InChI=1S/C8H8S.2ClH/c1-2-4-6-8-9-7-5-3-1;;/h1-8H;2*1H. The zero-order valence-corrected chi connectivity index (χ0v) is 8.29. The molecule has 0 aromatic carbocycles. The van der Waals surface area contributed by atoms with Crippen molar-refractivity contribution in [1.29, 1.82) is 0 Å². The van der Waals surface area contributed by atoms with E-state index in [-0.39, 0.29) is 24.8 Å². The molecule has 0 aliphatic carbocycles. The minimum atomic E-state index is 0. The van der Waals surface area contributed by atoms with Gasteiger partial charge in [0.05, 0.1) is 0 Å². The maximum absolute atomic E-state index is 2.04. The van der Waals surface area contributed by atoms with Crippen LogP contribution in [0.5, 0.6) is 0 Å². The number of rotatable bonds is 0. The summed E-state index contributed by atoms with van der Waals surface area (Å²) >= 11 is 1.68. The molecular formula is C8H10Cl2S. The van der Waals surface area contributed by atoms with Crippen LogP contribution >= 0.6 is 36.2 Å². The van der Waals surface area contributed by atoms with Crippen molar-refractivity contribution in [3.63, 3.8) is 0 Å². The first-order valence-corrected chi connectivity index (χ1v) is 3.75. The molecule has 0 N–H and O–H groups in total. The number of hydrogen-bond donors (Lipinski definition) is 0. The molecule has 0 atom stereocenters. The third-order valence-corrected chi connectivity index (χ3v) is 1.50. The lowest BCUT2D eigenvalue weighted by Crippen LogP contribution is -1.38. The second kappa shape index (κ2) is 9.76. The van der Waals surface area contributed by atoms with E-state index in [4.69, 9.17) is 0 Å². The monoisotopic (exact) mass is 208 g/mol. The Morgan fingerprint density at radius 1 is 0.545 bits per heavy atom. The Balaban J connectivity index is 0. The van der Waals surface area contributed by atoms with Crippen molar-refractivity contribution in [3.8, 4) is 0 Å². The third kappa shape index (κ3) is 7.66. The van der Waals surface area contributed by atoms with Gasteiger partial charge in [0.2, 0.25) is 0 Å². The van der Waals surface area contributed by atoms with Crippen LogP contribution < -0.4 is 0 Å². The van der Waals surface area contributed by atoms with Gasteiger partial charge in [-0.15, -0.1) is 24.8 Å². The van der Waals surface area contributed by atoms with E-state index in [1.807, 2.05) is 47.2 Å². The summed E-state index contributed by atoms with van der Waals surface area (Å²) in [4.78, 5) is 0. The Morgan fingerprint density at radius 2 is 0.909 bits per heavy atom. The lowest BCUT2D eigenvalue weighted by atomic mass is 10.5. The van der Waals surface area contributed by atoms with Gasteiger partial charge < -0.3 is 0 Å². The molecule has 0 aliphatic heterocycles. The average molecular weight is 209 g/mol. The molecule has 0 saturated carbocycles. The molecule has 0 fully saturated rings. The van der Waals surface area contributed by atoms with E-state index in [2.05, 4.69) is 0 Å². The Morgan fingerprint density at radius 3 is 1.36 bits per heavy atom. The van der Waals surface area contributed by atoms with Gasteiger partial charge in [0, 0.05) is 0 Å². The zero-order valence-electron chi connectivity index (χ0n) is 5.84. The van der Waals surface area contributed by atoms with Crippen LogP contribution in [-0.2, 0) is 0 Å². The molecular weight excluding hydrogens is 199 g/mol. The van der Waals surface area contributed by atoms with E-state index < -0.39 is 0 Å². The molecule has 0 saturated heterocycles. The molecule has 1 aromatic rings. The van der Waals surface area contributed by atoms with Crippen molar-refractivity contribution in [1.82, 2.24) is 0 Å². The smallest absolute Gasteiger partial charge is 0.00937 e. The molecule has 0 unspecified atom stereocenters. The molecule has 1 aromatic heterocycles. The lowest BCUT2D eigenvalue weighted by Gasteiger charge is -1.59. The summed E-state index contributed by atoms with van der Waals surface area (Å²) in [6, 6.07) is 12.1. The predicted molar refractivity (Wildman–Crippen MR) is 56.4 cm³/mol. The van der Waals surface area contributed by atoms with Crippen LogP contribution in [0.25, 0.3) is 0 Å². The second-order valence-electron chi connectivity index (χ2n) is 1.56. The van der Waals surface area contributed by atoms with E-state index in [1.165, 1.54) is 0 Å². The van der Waals surface area contributed by atoms with Gasteiger partial charge in [0.1, 0.15) is 0 Å². The van der Waals surface area contributed by atoms with Crippen LogP contribution in [0.3, 0.4) is 0 Å². The second-order valence-corrected chi connectivity index (χ2v) is 2.38. The molecule has 3 heteroatoms. The normalized spacial score (nSPS) is 6.55. The molecule has 11 heavy (non-hydrogen) atoms. The third-order valence-electron chi connectivity index (χ3n) is 0.870. The summed E-state index contributed by atoms with van der Waals surface area (Å²) in [7, 11) is 0. The average Bonchev–Trinajstić information content (AvgIpc) is 2.00. The maximum atomic E-state index is 2.04. The van der Waals surface area contributed by atoms with Crippen molar-refractivity contribution in [3.05, 3.63) is 47.2 Å². The van der Waals surface area contributed by atoms with Crippen LogP contribution in [0, 0.1) is 0 Å². The number of halogens is 2. The lowest BCUT2D eigenvalue weighted by molar-refractivity contribution is 1.82. The van der Waals surface area contributed by atoms with Crippen LogP contribution in [0.15, 0.2) is 47.2 Å². The molecule has 0 amide bonds. The van der Waals surface area contributed by atoms with Crippen molar-refractivity contribution >= 4 is 36.2 Å². The van der Waals surface area contributed by atoms with Gasteiger partial charge in [0.15, 0.2) is 0 Å². The van der Waals surface area contributed by atoms with Crippen LogP contribution in [0.1, 0.15) is 0 Å². The fourth-order valence-corrected chi connectivity index (χ4v) is 0.937. The van der Waals surface area contributed by atoms with Crippen LogP contribution in [0.2, 0.25) is 0 Å². The van der Waals surface area contributed by atoms with Crippen LogP contribution in [0.4, 0.5) is 0 Å². The van der Waals surface area contributed by atoms with E-state index in [0.717, 1.165) is 0 Å². The van der Waals surface area contributed by atoms with Crippen molar-refractivity contribution < 1.29 is 0 Å². The molecule has 1 rings (SSSR count). The highest BCUT2D eigenvalue weighted by atomic mass is 35.5. The first-order valence-electron chi connectivity index (χ1n) is 2.80. The summed E-state index contributed by atoms with van der Waals surface area (Å²) in [5, 5.41) is 4.08. The number of hydrogen-bond acceptors (Lipinski definition) is 1. The topological polar surface area (TPSA) is 0 Å². The van der Waals surface area contributed by atoms with Gasteiger partial charge in [-0.2, -0.15) is 11.3 Å². The molecule has 0 aliphatic rings. The quantitative estimate of drug-likeness (QED) is 0.610. The summed E-state index contributed by atoms with van der Waals surface area (Å²) in [6.07, 6.45) is 0. The van der Waals surface area contributed by atoms with E-state index in [1.54, 1.807) is 11.3 Å². The molecule has 0 radical (unpaired) electrons. The summed E-state index contributed by atoms with van der Waals surface area (Å²) in [6.45, 7) is 0. The highest BCUT2D eigenvalue weighted by Gasteiger charge is 1.58. The summed E-state index contributed by atoms with van der Waals surface area (Å²) < 4.78 is 0. The van der Waals surface area contributed by atoms with Gasteiger partial charge in [-0.05, 0) is 10.8 Å². The van der Waals surface area contributed by atoms with E-state index in [9.17, 15) is 0 Å². The first-order chi connectivity index (χ1) is 4.50.